The summed E-state index contributed by atoms with van der Waals surface area (Å²) in [5, 5.41) is 8.63. The quantitative estimate of drug-likeness (QED) is 0.174. The van der Waals surface area contributed by atoms with Gasteiger partial charge in [-0.2, -0.15) is 0 Å². The second-order valence-electron chi connectivity index (χ2n) is 14.2. The summed E-state index contributed by atoms with van der Waals surface area (Å²) in [7, 11) is -3.71. The zero-order valence-corrected chi connectivity index (χ0v) is 29.4. The van der Waals surface area contributed by atoms with Crippen molar-refractivity contribution in [2.75, 3.05) is 4.90 Å². The van der Waals surface area contributed by atoms with Crippen LogP contribution >= 0.6 is 0 Å². The van der Waals surface area contributed by atoms with Crippen LogP contribution in [0.15, 0.2) is 152 Å². The van der Waals surface area contributed by atoms with Crippen LogP contribution in [-0.4, -0.2) is 16.1 Å². The van der Waals surface area contributed by atoms with Gasteiger partial charge in [0.1, 0.15) is 16.1 Å². The lowest BCUT2D eigenvalue weighted by Crippen LogP contribution is -2.49. The van der Waals surface area contributed by atoms with Crippen LogP contribution in [0.5, 0.6) is 0 Å². The van der Waals surface area contributed by atoms with Crippen molar-refractivity contribution in [2.24, 2.45) is 0 Å². The second-order valence-corrected chi connectivity index (χ2v) is 22.9. The normalized spacial score (nSPS) is 14.7. The van der Waals surface area contributed by atoms with Crippen molar-refractivity contribution in [2.45, 2.75) is 26.2 Å². The summed E-state index contributed by atoms with van der Waals surface area (Å²) in [5.41, 5.74) is 11.8. The third kappa shape index (κ3) is 4.20. The molecule has 2 aliphatic heterocycles. The van der Waals surface area contributed by atoms with Gasteiger partial charge in [-0.3, -0.25) is 0 Å². The monoisotopic (exact) mass is 635 g/mol. The minimum atomic E-state index is -1.86. The van der Waals surface area contributed by atoms with Crippen molar-refractivity contribution in [1.82, 2.24) is 0 Å². The molecule has 0 spiro atoms. The van der Waals surface area contributed by atoms with E-state index in [4.69, 9.17) is 0 Å². The van der Waals surface area contributed by atoms with E-state index in [-0.39, 0.29) is 0 Å². The van der Waals surface area contributed by atoms with Crippen molar-refractivity contribution in [3.05, 3.63) is 152 Å². The Labute approximate surface area is 279 Å². The molecule has 0 atom stereocenters. The van der Waals surface area contributed by atoms with Gasteiger partial charge in [0, 0.05) is 16.9 Å². The van der Waals surface area contributed by atoms with E-state index in [0.717, 1.165) is 0 Å². The summed E-state index contributed by atoms with van der Waals surface area (Å²) in [6, 6.07) is 57.1. The molecule has 0 saturated carbocycles. The lowest BCUT2D eigenvalue weighted by atomic mass is 9.99. The standard InChI is InChI=1S/C44H37NSi2/c1-46(2)41-19-11-9-16-38(41)44-39(17-12-20-42(44)46)45(35-25-26-37-36-15-8-10-18-40(36)47(3,4)43(37)29-35)34-24-23-32-27-31(21-22-33(32)28-34)30-13-6-5-7-14-30/h5-29H,1-4H3. The van der Waals surface area contributed by atoms with Crippen molar-refractivity contribution in [3.63, 3.8) is 0 Å². The summed E-state index contributed by atoms with van der Waals surface area (Å²) in [5.74, 6) is 0. The van der Waals surface area contributed by atoms with Crippen LogP contribution in [0.2, 0.25) is 26.2 Å². The maximum atomic E-state index is 2.55. The maximum Gasteiger partial charge on any atom is 0.113 e. The Kier molecular flexibility index (Phi) is 6.18. The number of anilines is 3. The first kappa shape index (κ1) is 28.3. The number of hydrogen-bond acceptors (Lipinski definition) is 1. The summed E-state index contributed by atoms with van der Waals surface area (Å²) in [6.45, 7) is 10.0. The molecule has 0 aromatic heterocycles. The molecule has 2 heterocycles. The lowest BCUT2D eigenvalue weighted by Gasteiger charge is -2.30. The van der Waals surface area contributed by atoms with E-state index in [1.54, 1.807) is 5.19 Å². The number of hydrogen-bond donors (Lipinski definition) is 0. The zero-order valence-electron chi connectivity index (χ0n) is 27.4. The fourth-order valence-electron chi connectivity index (χ4n) is 8.36. The van der Waals surface area contributed by atoms with Gasteiger partial charge in [-0.05, 0) is 95.7 Å². The zero-order chi connectivity index (χ0) is 31.9. The van der Waals surface area contributed by atoms with Crippen molar-refractivity contribution < 1.29 is 0 Å². The highest BCUT2D eigenvalue weighted by molar-refractivity contribution is 7.04. The molecule has 0 aliphatic carbocycles. The van der Waals surface area contributed by atoms with E-state index in [1.165, 1.54) is 76.8 Å². The minimum Gasteiger partial charge on any atom is -0.310 e. The third-order valence-electron chi connectivity index (χ3n) is 10.8. The Hall–Kier alpha value is -4.97. The summed E-state index contributed by atoms with van der Waals surface area (Å²) >= 11 is 0. The molecule has 7 aromatic carbocycles. The molecule has 2 aliphatic rings. The molecule has 7 aromatic rings. The first-order chi connectivity index (χ1) is 22.8. The average Bonchev–Trinajstić information content (AvgIpc) is 3.48. The van der Waals surface area contributed by atoms with Crippen molar-refractivity contribution in [1.29, 1.82) is 0 Å². The van der Waals surface area contributed by atoms with Gasteiger partial charge in [0.05, 0.1) is 5.69 Å². The van der Waals surface area contributed by atoms with Gasteiger partial charge in [-0.15, -0.1) is 0 Å². The molecule has 0 unspecified atom stereocenters. The van der Waals surface area contributed by atoms with Crippen molar-refractivity contribution >= 4 is 64.7 Å². The molecule has 0 amide bonds. The highest BCUT2D eigenvalue weighted by Crippen LogP contribution is 2.44. The Bertz CT molecular complexity index is 2370. The van der Waals surface area contributed by atoms with Crippen LogP contribution in [0.25, 0.3) is 44.2 Å². The minimum absolute atomic E-state index is 1.19. The van der Waals surface area contributed by atoms with Gasteiger partial charge >= 0.3 is 0 Å². The predicted molar refractivity (Wildman–Crippen MR) is 208 cm³/mol. The van der Waals surface area contributed by atoms with E-state index in [2.05, 4.69) is 183 Å². The number of benzene rings is 7. The SMILES string of the molecule is C[Si]1(C)c2ccccc2-c2ccc(N(c3ccc4cc(-c5ccccc5)ccc4c3)c3cccc4c3-c3ccccc3[Si]4(C)C)cc21. The number of fused-ring (bicyclic) bond motifs is 7. The van der Waals surface area contributed by atoms with Crippen LogP contribution in [0.1, 0.15) is 0 Å². The highest BCUT2D eigenvalue weighted by atomic mass is 28.3. The molecule has 0 fully saturated rings. The Morgan fingerprint density at radius 2 is 0.957 bits per heavy atom. The van der Waals surface area contributed by atoms with Gasteiger partial charge in [-0.1, -0.05) is 141 Å². The Morgan fingerprint density at radius 1 is 0.383 bits per heavy atom. The molecule has 0 radical (unpaired) electrons. The molecule has 0 N–H and O–H groups in total. The molecule has 1 nitrogen and oxygen atoms in total. The van der Waals surface area contributed by atoms with Crippen LogP contribution < -0.4 is 25.6 Å². The molecule has 47 heavy (non-hydrogen) atoms. The first-order valence-corrected chi connectivity index (χ1v) is 22.7. The molecular weight excluding hydrogens is 599 g/mol. The molecule has 0 bridgehead atoms. The fourth-order valence-corrected chi connectivity index (χ4v) is 14.5. The van der Waals surface area contributed by atoms with Crippen LogP contribution in [0.4, 0.5) is 17.1 Å². The average molecular weight is 636 g/mol. The van der Waals surface area contributed by atoms with E-state index >= 15 is 0 Å². The van der Waals surface area contributed by atoms with Crippen molar-refractivity contribution in [3.8, 4) is 33.4 Å². The highest BCUT2D eigenvalue weighted by Gasteiger charge is 2.40. The molecule has 9 rings (SSSR count). The van der Waals surface area contributed by atoms with Gasteiger partial charge in [0.2, 0.25) is 0 Å². The molecular formula is C44H37NSi2. The molecule has 3 heteroatoms. The van der Waals surface area contributed by atoms with Crippen LogP contribution in [0.3, 0.4) is 0 Å². The van der Waals surface area contributed by atoms with Gasteiger partial charge in [0.25, 0.3) is 0 Å². The van der Waals surface area contributed by atoms with E-state index in [0.29, 0.717) is 0 Å². The number of nitrogens with zero attached hydrogens (tertiary/aromatic N) is 1. The second kappa shape index (κ2) is 10.3. The van der Waals surface area contributed by atoms with E-state index in [9.17, 15) is 0 Å². The van der Waals surface area contributed by atoms with Crippen LogP contribution in [-0.2, 0) is 0 Å². The molecule has 0 saturated heterocycles. The van der Waals surface area contributed by atoms with E-state index in [1.807, 2.05) is 0 Å². The smallest absolute Gasteiger partial charge is 0.113 e. The summed E-state index contributed by atoms with van der Waals surface area (Å²) < 4.78 is 0. The van der Waals surface area contributed by atoms with E-state index < -0.39 is 16.1 Å². The first-order valence-electron chi connectivity index (χ1n) is 16.7. The lowest BCUT2D eigenvalue weighted by molar-refractivity contribution is 1.30. The maximum absolute atomic E-state index is 2.55. The summed E-state index contributed by atoms with van der Waals surface area (Å²) in [6.07, 6.45) is 0. The third-order valence-corrected chi connectivity index (χ3v) is 17.9. The predicted octanol–water partition coefficient (Wildman–Crippen LogP) is 9.58. The van der Waals surface area contributed by atoms with Gasteiger partial charge < -0.3 is 4.90 Å². The fraction of sp³-hybridized carbons (Fsp3) is 0.0909. The molecule has 226 valence electrons. The largest absolute Gasteiger partial charge is 0.310 e. The van der Waals surface area contributed by atoms with Gasteiger partial charge in [0.15, 0.2) is 0 Å². The van der Waals surface area contributed by atoms with Gasteiger partial charge in [-0.25, -0.2) is 0 Å². The Morgan fingerprint density at radius 3 is 1.77 bits per heavy atom. The Balaban J connectivity index is 1.27. The topological polar surface area (TPSA) is 3.24 Å². The number of rotatable bonds is 4. The summed E-state index contributed by atoms with van der Waals surface area (Å²) in [4.78, 5) is 2.55. The van der Waals surface area contributed by atoms with Crippen LogP contribution in [0, 0.1) is 0 Å².